The lowest BCUT2D eigenvalue weighted by atomic mass is 10.1. The molecule has 2 N–H and O–H groups in total. The Hall–Kier alpha value is -2.73. The number of ether oxygens (including phenoxy) is 1. The Kier molecular flexibility index (Phi) is 5.86. The molecule has 2 aromatic carbocycles. The van der Waals surface area contributed by atoms with Crippen molar-refractivity contribution in [2.45, 2.75) is 23.8 Å². The number of nitriles is 1. The molecule has 1 aliphatic rings. The van der Waals surface area contributed by atoms with Gasteiger partial charge in [-0.1, -0.05) is 12.1 Å². The van der Waals surface area contributed by atoms with E-state index >= 15 is 0 Å². The van der Waals surface area contributed by atoms with Gasteiger partial charge >= 0.3 is 0 Å². The fraction of sp³-hybridized carbons (Fsp3) is 0.263. The Balaban J connectivity index is 1.67. The third-order valence-corrected chi connectivity index (χ3v) is 5.69. The molecule has 1 unspecified atom stereocenters. The van der Waals surface area contributed by atoms with Gasteiger partial charge in [-0.05, 0) is 49.2 Å². The highest BCUT2D eigenvalue weighted by molar-refractivity contribution is 7.89. The third kappa shape index (κ3) is 4.71. The predicted octanol–water partition coefficient (Wildman–Crippen LogP) is 2.27. The molecule has 1 atom stereocenters. The SMILES string of the molecule is N#Cc1ccccc1NC(=O)c1ccc(S(=O)(=O)NCC2CCCO2)cc1. The van der Waals surface area contributed by atoms with Crippen LogP contribution in [0.3, 0.4) is 0 Å². The van der Waals surface area contributed by atoms with Gasteiger partial charge in [0.1, 0.15) is 6.07 Å². The number of anilines is 1. The van der Waals surface area contributed by atoms with Crippen molar-refractivity contribution in [1.29, 1.82) is 5.26 Å². The first-order valence-electron chi connectivity index (χ1n) is 8.51. The number of nitrogens with one attached hydrogen (secondary N) is 2. The zero-order chi connectivity index (χ0) is 19.3. The number of carbonyl (C=O) groups is 1. The molecule has 0 aliphatic carbocycles. The van der Waals surface area contributed by atoms with Crippen LogP contribution in [0.2, 0.25) is 0 Å². The van der Waals surface area contributed by atoms with Crippen molar-refractivity contribution in [3.63, 3.8) is 0 Å². The molecule has 1 amide bonds. The Labute approximate surface area is 158 Å². The minimum absolute atomic E-state index is 0.0782. The van der Waals surface area contributed by atoms with Gasteiger partial charge in [0.05, 0.1) is 22.3 Å². The fourth-order valence-electron chi connectivity index (χ4n) is 2.76. The smallest absolute Gasteiger partial charge is 0.255 e. The predicted molar refractivity (Wildman–Crippen MR) is 99.7 cm³/mol. The molecule has 0 radical (unpaired) electrons. The van der Waals surface area contributed by atoms with Crippen molar-refractivity contribution in [1.82, 2.24) is 4.72 Å². The number of benzene rings is 2. The molecule has 140 valence electrons. The van der Waals surface area contributed by atoms with Gasteiger partial charge in [-0.3, -0.25) is 4.79 Å². The van der Waals surface area contributed by atoms with Gasteiger partial charge in [0, 0.05) is 18.7 Å². The van der Waals surface area contributed by atoms with Gasteiger partial charge < -0.3 is 10.1 Å². The van der Waals surface area contributed by atoms with Gasteiger partial charge in [-0.15, -0.1) is 0 Å². The topological polar surface area (TPSA) is 108 Å². The van der Waals surface area contributed by atoms with E-state index in [0.717, 1.165) is 12.8 Å². The molecule has 1 heterocycles. The molecule has 2 aromatic rings. The van der Waals surface area contributed by atoms with Crippen LogP contribution in [0.1, 0.15) is 28.8 Å². The molecule has 1 fully saturated rings. The Morgan fingerprint density at radius 1 is 1.19 bits per heavy atom. The monoisotopic (exact) mass is 385 g/mol. The summed E-state index contributed by atoms with van der Waals surface area (Å²) >= 11 is 0. The van der Waals surface area contributed by atoms with Crippen molar-refractivity contribution in [2.24, 2.45) is 0 Å². The molecule has 3 rings (SSSR count). The van der Waals surface area contributed by atoms with Crippen LogP contribution >= 0.6 is 0 Å². The Morgan fingerprint density at radius 2 is 1.93 bits per heavy atom. The van der Waals surface area contributed by atoms with Crippen LogP contribution in [0.15, 0.2) is 53.4 Å². The first kappa shape index (κ1) is 19.0. The van der Waals surface area contributed by atoms with Gasteiger partial charge in [0.15, 0.2) is 0 Å². The number of rotatable bonds is 6. The number of hydrogen-bond donors (Lipinski definition) is 2. The maximum absolute atomic E-state index is 12.3. The maximum Gasteiger partial charge on any atom is 0.255 e. The summed E-state index contributed by atoms with van der Waals surface area (Å²) in [5.74, 6) is -0.422. The van der Waals surface area contributed by atoms with E-state index in [1.165, 1.54) is 24.3 Å². The zero-order valence-corrected chi connectivity index (χ0v) is 15.3. The van der Waals surface area contributed by atoms with E-state index in [0.29, 0.717) is 23.4 Å². The van der Waals surface area contributed by atoms with E-state index in [2.05, 4.69) is 10.0 Å². The molecule has 7 nitrogen and oxygen atoms in total. The van der Waals surface area contributed by atoms with E-state index in [4.69, 9.17) is 10.00 Å². The van der Waals surface area contributed by atoms with Crippen molar-refractivity contribution >= 4 is 21.6 Å². The van der Waals surface area contributed by atoms with Gasteiger partial charge in [-0.25, -0.2) is 13.1 Å². The lowest BCUT2D eigenvalue weighted by Crippen LogP contribution is -2.31. The normalized spacial score (nSPS) is 16.6. The second-order valence-electron chi connectivity index (χ2n) is 6.12. The number of carbonyl (C=O) groups excluding carboxylic acids is 1. The molecule has 27 heavy (non-hydrogen) atoms. The van der Waals surface area contributed by atoms with E-state index in [1.807, 2.05) is 6.07 Å². The molecule has 0 spiro atoms. The van der Waals surface area contributed by atoms with Crippen LogP contribution in [0.25, 0.3) is 0 Å². The summed E-state index contributed by atoms with van der Waals surface area (Å²) in [5, 5.41) is 11.7. The lowest BCUT2D eigenvalue weighted by molar-refractivity contribution is 0.102. The summed E-state index contributed by atoms with van der Waals surface area (Å²) in [4.78, 5) is 12.4. The Morgan fingerprint density at radius 3 is 2.59 bits per heavy atom. The second-order valence-corrected chi connectivity index (χ2v) is 7.89. The molecular formula is C19H19N3O4S. The highest BCUT2D eigenvalue weighted by Crippen LogP contribution is 2.17. The molecule has 1 saturated heterocycles. The molecule has 1 aliphatic heterocycles. The second kappa shape index (κ2) is 8.31. The van der Waals surface area contributed by atoms with Crippen LogP contribution in [0.4, 0.5) is 5.69 Å². The lowest BCUT2D eigenvalue weighted by Gasteiger charge is -2.12. The summed E-state index contributed by atoms with van der Waals surface area (Å²) in [5.41, 5.74) is 1.05. The van der Waals surface area contributed by atoms with Crippen molar-refractivity contribution < 1.29 is 17.9 Å². The van der Waals surface area contributed by atoms with Crippen LogP contribution in [-0.4, -0.2) is 33.6 Å². The highest BCUT2D eigenvalue weighted by atomic mass is 32.2. The number of amides is 1. The Bertz CT molecular complexity index is 959. The van der Waals surface area contributed by atoms with E-state index < -0.39 is 15.9 Å². The summed E-state index contributed by atoms with van der Waals surface area (Å²) < 4.78 is 32.6. The summed E-state index contributed by atoms with van der Waals surface area (Å²) in [6, 6.07) is 14.3. The van der Waals surface area contributed by atoms with Gasteiger partial charge in [0.2, 0.25) is 10.0 Å². The van der Waals surface area contributed by atoms with Gasteiger partial charge in [-0.2, -0.15) is 5.26 Å². The standard InChI is InChI=1S/C19H19N3O4S/c20-12-15-4-1-2-6-18(15)22-19(23)14-7-9-17(10-8-14)27(24,25)21-13-16-5-3-11-26-16/h1-2,4,6-10,16,21H,3,5,11,13H2,(H,22,23). The maximum atomic E-state index is 12.3. The van der Waals surface area contributed by atoms with Crippen molar-refractivity contribution in [2.75, 3.05) is 18.5 Å². The first-order valence-corrected chi connectivity index (χ1v) is 10.00. The van der Waals surface area contributed by atoms with Crippen molar-refractivity contribution in [3.05, 3.63) is 59.7 Å². The van der Waals surface area contributed by atoms with E-state index in [-0.39, 0.29) is 17.5 Å². The van der Waals surface area contributed by atoms with Gasteiger partial charge in [0.25, 0.3) is 5.91 Å². The van der Waals surface area contributed by atoms with Crippen LogP contribution < -0.4 is 10.0 Å². The molecule has 8 heteroatoms. The van der Waals surface area contributed by atoms with Crippen LogP contribution in [-0.2, 0) is 14.8 Å². The van der Waals surface area contributed by atoms with Crippen LogP contribution in [0, 0.1) is 11.3 Å². The summed E-state index contributed by atoms with van der Waals surface area (Å²) in [6.07, 6.45) is 1.68. The molecule has 0 saturated carbocycles. The summed E-state index contributed by atoms with van der Waals surface area (Å²) in [7, 11) is -3.66. The largest absolute Gasteiger partial charge is 0.377 e. The minimum Gasteiger partial charge on any atom is -0.377 e. The first-order chi connectivity index (χ1) is 13.0. The fourth-order valence-corrected chi connectivity index (χ4v) is 3.83. The third-order valence-electron chi connectivity index (χ3n) is 4.25. The van der Waals surface area contributed by atoms with E-state index in [1.54, 1.807) is 24.3 Å². The highest BCUT2D eigenvalue weighted by Gasteiger charge is 2.20. The quantitative estimate of drug-likeness (QED) is 0.793. The van der Waals surface area contributed by atoms with E-state index in [9.17, 15) is 13.2 Å². The average Bonchev–Trinajstić information content (AvgIpc) is 3.21. The zero-order valence-electron chi connectivity index (χ0n) is 14.5. The molecule has 0 aromatic heterocycles. The minimum atomic E-state index is -3.66. The van der Waals surface area contributed by atoms with Crippen LogP contribution in [0.5, 0.6) is 0 Å². The number of para-hydroxylation sites is 1. The average molecular weight is 385 g/mol. The van der Waals surface area contributed by atoms with Crippen molar-refractivity contribution in [3.8, 4) is 6.07 Å². The summed E-state index contributed by atoms with van der Waals surface area (Å²) in [6.45, 7) is 0.890. The number of nitrogens with zero attached hydrogens (tertiary/aromatic N) is 1. The molecule has 0 bridgehead atoms. The number of hydrogen-bond acceptors (Lipinski definition) is 5. The molecular weight excluding hydrogens is 366 g/mol. The number of sulfonamides is 1.